The molecule has 6 nitrogen and oxygen atoms in total. The van der Waals surface area contributed by atoms with Crippen molar-refractivity contribution in [3.63, 3.8) is 0 Å². The van der Waals surface area contributed by atoms with Gasteiger partial charge in [-0.05, 0) is 17.7 Å². The number of carbonyl (C=O) groups is 1. The molecule has 20 heavy (non-hydrogen) atoms. The maximum absolute atomic E-state index is 13.0. The predicted octanol–water partition coefficient (Wildman–Crippen LogP) is 0.780. The van der Waals surface area contributed by atoms with E-state index in [-0.39, 0.29) is 18.5 Å². The van der Waals surface area contributed by atoms with Gasteiger partial charge in [-0.25, -0.2) is 8.78 Å². The lowest BCUT2D eigenvalue weighted by molar-refractivity contribution is -0.497. The maximum atomic E-state index is 13.0. The number of hydrogen-bond donors (Lipinski definition) is 2. The molecule has 0 aromatic heterocycles. The van der Waals surface area contributed by atoms with Gasteiger partial charge in [-0.3, -0.25) is 14.9 Å². The first kappa shape index (κ1) is 14.3. The van der Waals surface area contributed by atoms with E-state index in [4.69, 9.17) is 0 Å². The molecular weight excluding hydrogens is 274 g/mol. The molecule has 0 aliphatic heterocycles. The number of aliphatic hydroxyl groups excluding tert-OH is 1. The van der Waals surface area contributed by atoms with Crippen molar-refractivity contribution in [3.8, 4) is 0 Å². The Balaban J connectivity index is 1.86. The number of carbonyl (C=O) groups excluding carboxylic acids is 1. The fourth-order valence-corrected chi connectivity index (χ4v) is 1.86. The highest BCUT2D eigenvalue weighted by atomic mass is 19.2. The average Bonchev–Trinajstić information content (AvgIpc) is 3.19. The normalized spacial score (nSPS) is 22.1. The summed E-state index contributed by atoms with van der Waals surface area (Å²) in [5, 5.41) is 22.5. The summed E-state index contributed by atoms with van der Waals surface area (Å²) < 4.78 is 25.7. The molecule has 1 aromatic carbocycles. The summed E-state index contributed by atoms with van der Waals surface area (Å²) in [4.78, 5) is 21.4. The number of nitro groups is 1. The third kappa shape index (κ3) is 3.08. The van der Waals surface area contributed by atoms with E-state index in [2.05, 4.69) is 5.32 Å². The molecular formula is C12H12F2N2O4. The monoisotopic (exact) mass is 286 g/mol. The van der Waals surface area contributed by atoms with Crippen LogP contribution < -0.4 is 5.32 Å². The Morgan fingerprint density at radius 1 is 1.50 bits per heavy atom. The molecule has 1 aliphatic rings. The van der Waals surface area contributed by atoms with Gasteiger partial charge in [0.25, 0.3) is 0 Å². The summed E-state index contributed by atoms with van der Waals surface area (Å²) in [7, 11) is 0. The highest BCUT2D eigenvalue weighted by Crippen LogP contribution is 2.33. The molecule has 8 heteroatoms. The number of benzene rings is 1. The first-order chi connectivity index (χ1) is 9.40. The minimum Gasteiger partial charge on any atom is -0.387 e. The van der Waals surface area contributed by atoms with Crippen molar-refractivity contribution in [1.82, 2.24) is 5.32 Å². The minimum absolute atomic E-state index is 0.117. The van der Waals surface area contributed by atoms with E-state index in [1.165, 1.54) is 6.07 Å². The van der Waals surface area contributed by atoms with Crippen molar-refractivity contribution >= 4 is 5.91 Å². The molecule has 0 unspecified atom stereocenters. The first-order valence-electron chi connectivity index (χ1n) is 5.94. The third-order valence-corrected chi connectivity index (χ3v) is 3.16. The van der Waals surface area contributed by atoms with Gasteiger partial charge in [0.1, 0.15) is 5.92 Å². The maximum Gasteiger partial charge on any atom is 0.230 e. The zero-order valence-electron chi connectivity index (χ0n) is 10.3. The Morgan fingerprint density at radius 3 is 2.75 bits per heavy atom. The topological polar surface area (TPSA) is 92.5 Å². The Hall–Kier alpha value is -2.09. The predicted molar refractivity (Wildman–Crippen MR) is 63.2 cm³/mol. The molecule has 1 aliphatic carbocycles. The molecule has 1 fully saturated rings. The number of amides is 1. The van der Waals surface area contributed by atoms with Crippen LogP contribution in [-0.4, -0.2) is 28.5 Å². The Morgan fingerprint density at radius 2 is 2.20 bits per heavy atom. The van der Waals surface area contributed by atoms with Gasteiger partial charge in [0.05, 0.1) is 6.10 Å². The number of aliphatic hydroxyl groups is 1. The number of halogens is 2. The van der Waals surface area contributed by atoms with E-state index >= 15 is 0 Å². The van der Waals surface area contributed by atoms with Crippen LogP contribution in [0.4, 0.5) is 8.78 Å². The van der Waals surface area contributed by atoms with Crippen LogP contribution in [0.2, 0.25) is 0 Å². The van der Waals surface area contributed by atoms with Crippen molar-refractivity contribution in [2.45, 2.75) is 18.6 Å². The lowest BCUT2D eigenvalue weighted by Gasteiger charge is -2.12. The van der Waals surface area contributed by atoms with Crippen LogP contribution >= 0.6 is 0 Å². The molecule has 3 atom stereocenters. The van der Waals surface area contributed by atoms with Crippen molar-refractivity contribution in [1.29, 1.82) is 0 Å². The van der Waals surface area contributed by atoms with Gasteiger partial charge < -0.3 is 10.4 Å². The second-order valence-corrected chi connectivity index (χ2v) is 4.63. The molecule has 2 rings (SSSR count). The molecule has 1 saturated carbocycles. The Bertz CT molecular complexity index is 552. The Labute approximate surface area is 112 Å². The van der Waals surface area contributed by atoms with Crippen LogP contribution in [0.25, 0.3) is 0 Å². The summed E-state index contributed by atoms with van der Waals surface area (Å²) in [6.07, 6.45) is -1.03. The molecule has 0 bridgehead atoms. The van der Waals surface area contributed by atoms with Gasteiger partial charge in [0.15, 0.2) is 11.6 Å². The van der Waals surface area contributed by atoms with E-state index in [1.54, 1.807) is 0 Å². The summed E-state index contributed by atoms with van der Waals surface area (Å²) >= 11 is 0. The minimum atomic E-state index is -1.21. The molecule has 108 valence electrons. The van der Waals surface area contributed by atoms with Crippen molar-refractivity contribution in [2.24, 2.45) is 5.92 Å². The largest absolute Gasteiger partial charge is 0.387 e. The molecule has 2 N–H and O–H groups in total. The van der Waals surface area contributed by atoms with Crippen LogP contribution in [0.5, 0.6) is 0 Å². The van der Waals surface area contributed by atoms with Crippen molar-refractivity contribution in [3.05, 3.63) is 45.5 Å². The molecule has 0 radical (unpaired) electrons. The van der Waals surface area contributed by atoms with Crippen LogP contribution in [-0.2, 0) is 4.79 Å². The van der Waals surface area contributed by atoms with Crippen molar-refractivity contribution in [2.75, 3.05) is 6.54 Å². The lowest BCUT2D eigenvalue weighted by Crippen LogP contribution is -2.31. The Kier molecular flexibility index (Phi) is 3.93. The summed E-state index contributed by atoms with van der Waals surface area (Å²) in [6.45, 7) is -0.217. The number of nitrogens with zero attached hydrogens (tertiary/aromatic N) is 1. The molecule has 0 spiro atoms. The third-order valence-electron chi connectivity index (χ3n) is 3.16. The molecule has 1 amide bonds. The van der Waals surface area contributed by atoms with E-state index < -0.39 is 40.5 Å². The van der Waals surface area contributed by atoms with Gasteiger partial charge >= 0.3 is 0 Å². The highest BCUT2D eigenvalue weighted by molar-refractivity contribution is 5.82. The van der Waals surface area contributed by atoms with Gasteiger partial charge in [0, 0.05) is 17.9 Å². The second kappa shape index (κ2) is 5.49. The number of hydrogen-bond acceptors (Lipinski definition) is 4. The number of nitrogens with one attached hydrogen (secondary N) is 1. The van der Waals surface area contributed by atoms with Crippen LogP contribution in [0.1, 0.15) is 18.1 Å². The van der Waals surface area contributed by atoms with Gasteiger partial charge in [0.2, 0.25) is 11.9 Å². The standard InChI is InChI=1S/C12H12F2N2O4/c13-8-2-1-6(3-9(8)14)11(17)5-15-12(18)7-4-10(7)16(19)20/h1-3,7,10-11,17H,4-5H2,(H,15,18)/t7-,10-,11+/m1/s1. The fourth-order valence-electron chi connectivity index (χ4n) is 1.86. The zero-order chi connectivity index (χ0) is 14.9. The van der Waals surface area contributed by atoms with Crippen molar-refractivity contribution < 1.29 is 23.6 Å². The van der Waals surface area contributed by atoms with Crippen LogP contribution in [0.3, 0.4) is 0 Å². The number of rotatable bonds is 5. The molecule has 1 aromatic rings. The van der Waals surface area contributed by atoms with Gasteiger partial charge in [-0.2, -0.15) is 0 Å². The smallest absolute Gasteiger partial charge is 0.230 e. The fraction of sp³-hybridized carbons (Fsp3) is 0.417. The summed E-state index contributed by atoms with van der Waals surface area (Å²) in [6, 6.07) is 2.05. The quantitative estimate of drug-likeness (QED) is 0.618. The van der Waals surface area contributed by atoms with Gasteiger partial charge in [-0.1, -0.05) is 6.07 Å². The summed E-state index contributed by atoms with van der Waals surface area (Å²) in [5.74, 6) is -3.32. The van der Waals surface area contributed by atoms with E-state index in [0.29, 0.717) is 0 Å². The molecule has 0 heterocycles. The summed E-state index contributed by atoms with van der Waals surface area (Å²) in [5.41, 5.74) is 0.117. The van der Waals surface area contributed by atoms with E-state index in [1.807, 2.05) is 0 Å². The lowest BCUT2D eigenvalue weighted by atomic mass is 10.1. The highest BCUT2D eigenvalue weighted by Gasteiger charge is 2.53. The second-order valence-electron chi connectivity index (χ2n) is 4.63. The van der Waals surface area contributed by atoms with Crippen LogP contribution in [0, 0.1) is 27.7 Å². The molecule has 0 saturated heterocycles. The van der Waals surface area contributed by atoms with Gasteiger partial charge in [-0.15, -0.1) is 0 Å². The zero-order valence-corrected chi connectivity index (χ0v) is 10.3. The SMILES string of the molecule is O=C(NC[C@H](O)c1ccc(F)c(F)c1)[C@@H]1C[C@H]1[N+](=O)[O-]. The first-order valence-corrected chi connectivity index (χ1v) is 5.94. The van der Waals surface area contributed by atoms with E-state index in [0.717, 1.165) is 12.1 Å². The average molecular weight is 286 g/mol. The van der Waals surface area contributed by atoms with E-state index in [9.17, 15) is 28.8 Å². The van der Waals surface area contributed by atoms with Crippen LogP contribution in [0.15, 0.2) is 18.2 Å².